The Kier molecular flexibility index (Phi) is 6.09. The molecule has 0 fully saturated rings. The smallest absolute Gasteiger partial charge is 0.318 e. The van der Waals surface area contributed by atoms with Crippen LogP contribution >= 0.6 is 11.6 Å². The fraction of sp³-hybridized carbons (Fsp3) is 0.0952. The van der Waals surface area contributed by atoms with Crippen LogP contribution in [-0.4, -0.2) is 22.6 Å². The zero-order chi connectivity index (χ0) is 21.0. The first-order valence-electron chi connectivity index (χ1n) is 8.70. The number of carbonyl (C=O) groups is 2. The summed E-state index contributed by atoms with van der Waals surface area (Å²) in [6.45, 7) is 3.84. The molecule has 0 spiro atoms. The van der Waals surface area contributed by atoms with Crippen molar-refractivity contribution < 1.29 is 14.0 Å². The van der Waals surface area contributed by atoms with E-state index in [0.717, 1.165) is 22.6 Å². The molecule has 0 aliphatic heterocycles. The number of amides is 2. The molecule has 0 atom stereocenters. The van der Waals surface area contributed by atoms with E-state index in [4.69, 9.17) is 11.6 Å². The zero-order valence-electron chi connectivity index (χ0n) is 15.7. The summed E-state index contributed by atoms with van der Waals surface area (Å²) in [4.78, 5) is 23.8. The van der Waals surface area contributed by atoms with E-state index in [1.807, 2.05) is 48.7 Å². The highest BCUT2D eigenvalue weighted by molar-refractivity contribution is 6.39. The Hall–Kier alpha value is -3.45. The normalized spacial score (nSPS) is 10.9. The Morgan fingerprint density at radius 3 is 2.45 bits per heavy atom. The molecule has 29 heavy (non-hydrogen) atoms. The summed E-state index contributed by atoms with van der Waals surface area (Å²) in [5.41, 5.74) is 5.91. The molecule has 0 saturated heterocycles. The molecule has 3 aromatic rings. The number of nitrogens with one attached hydrogen (secondary N) is 2. The lowest BCUT2D eigenvalue weighted by Gasteiger charge is -2.11. The molecule has 3 rings (SSSR count). The van der Waals surface area contributed by atoms with Gasteiger partial charge >= 0.3 is 11.8 Å². The van der Waals surface area contributed by atoms with Crippen molar-refractivity contribution in [1.82, 2.24) is 9.99 Å². The van der Waals surface area contributed by atoms with Gasteiger partial charge in [0.05, 0.1) is 16.9 Å². The molecular weight excluding hydrogens is 395 g/mol. The molecule has 148 valence electrons. The topological polar surface area (TPSA) is 75.5 Å². The summed E-state index contributed by atoms with van der Waals surface area (Å²) in [5.74, 6) is -2.28. The largest absolute Gasteiger partial charge is 0.329 e. The van der Waals surface area contributed by atoms with Crippen LogP contribution in [0, 0.1) is 19.7 Å². The summed E-state index contributed by atoms with van der Waals surface area (Å²) >= 11 is 6.29. The van der Waals surface area contributed by atoms with Gasteiger partial charge in [-0.2, -0.15) is 5.10 Å². The molecule has 6 nitrogen and oxygen atoms in total. The Morgan fingerprint density at radius 1 is 1.07 bits per heavy atom. The summed E-state index contributed by atoms with van der Waals surface area (Å²) in [6, 6.07) is 14.4. The third kappa shape index (κ3) is 4.70. The van der Waals surface area contributed by atoms with Crippen LogP contribution in [0.15, 0.2) is 59.7 Å². The Morgan fingerprint density at radius 2 is 1.76 bits per heavy atom. The molecule has 2 aromatic carbocycles. The molecule has 0 unspecified atom stereocenters. The van der Waals surface area contributed by atoms with Crippen molar-refractivity contribution in [3.8, 4) is 5.69 Å². The van der Waals surface area contributed by atoms with Crippen LogP contribution < -0.4 is 10.7 Å². The highest BCUT2D eigenvalue weighted by Crippen LogP contribution is 2.25. The monoisotopic (exact) mass is 412 g/mol. The van der Waals surface area contributed by atoms with E-state index in [9.17, 15) is 14.0 Å². The van der Waals surface area contributed by atoms with Crippen molar-refractivity contribution in [3.05, 3.63) is 82.4 Å². The van der Waals surface area contributed by atoms with E-state index in [1.165, 1.54) is 30.5 Å². The number of nitrogens with zero attached hydrogens (tertiary/aromatic N) is 2. The molecule has 2 N–H and O–H groups in total. The maximum Gasteiger partial charge on any atom is 0.329 e. The number of anilines is 1. The van der Waals surface area contributed by atoms with Gasteiger partial charge in [-0.3, -0.25) is 9.59 Å². The van der Waals surface area contributed by atoms with Crippen LogP contribution in [0.3, 0.4) is 0 Å². The van der Waals surface area contributed by atoms with Gasteiger partial charge in [0, 0.05) is 22.6 Å². The minimum Gasteiger partial charge on any atom is -0.318 e. The first-order valence-corrected chi connectivity index (χ1v) is 9.08. The quantitative estimate of drug-likeness (QED) is 0.386. The van der Waals surface area contributed by atoms with Gasteiger partial charge in [0.2, 0.25) is 0 Å². The van der Waals surface area contributed by atoms with Gasteiger partial charge in [-0.1, -0.05) is 23.7 Å². The van der Waals surface area contributed by atoms with Crippen LogP contribution in [0.4, 0.5) is 10.1 Å². The van der Waals surface area contributed by atoms with Crippen molar-refractivity contribution in [2.24, 2.45) is 5.10 Å². The fourth-order valence-electron chi connectivity index (χ4n) is 2.85. The molecule has 0 saturated carbocycles. The second-order valence-corrected chi connectivity index (χ2v) is 6.68. The number of hydrogen-bond acceptors (Lipinski definition) is 3. The van der Waals surface area contributed by atoms with Gasteiger partial charge in [-0.05, 0) is 56.3 Å². The minimum absolute atomic E-state index is 0.304. The molecule has 0 bridgehead atoms. The van der Waals surface area contributed by atoms with Gasteiger partial charge in [-0.25, -0.2) is 9.82 Å². The Labute approximate surface area is 172 Å². The summed E-state index contributed by atoms with van der Waals surface area (Å²) in [7, 11) is 0. The highest BCUT2D eigenvalue weighted by atomic mass is 35.5. The number of hydrogen-bond donors (Lipinski definition) is 2. The summed E-state index contributed by atoms with van der Waals surface area (Å²) in [6.07, 6.45) is 1.46. The number of carbonyl (C=O) groups excluding carboxylic acids is 2. The van der Waals surface area contributed by atoms with Crippen molar-refractivity contribution in [2.45, 2.75) is 13.8 Å². The number of aromatic nitrogens is 1. The van der Waals surface area contributed by atoms with E-state index in [-0.39, 0.29) is 0 Å². The molecule has 0 aliphatic carbocycles. The predicted octanol–water partition coefficient (Wildman–Crippen LogP) is 3.98. The molecule has 0 aliphatic rings. The standard InChI is InChI=1S/C21H18ClFN4O2/c1-13-11-15(14(2)27(13)19-6-4-3-5-18(19)22)12-24-26-21(29)20(28)25-17-9-7-16(23)8-10-17/h3-12H,1-2H3,(H,25,28)(H,26,29)/b24-12-. The lowest BCUT2D eigenvalue weighted by atomic mass is 10.2. The molecular formula is C21H18ClFN4O2. The maximum atomic E-state index is 12.9. The van der Waals surface area contributed by atoms with Gasteiger partial charge < -0.3 is 9.88 Å². The van der Waals surface area contributed by atoms with Crippen molar-refractivity contribution in [3.63, 3.8) is 0 Å². The average molecular weight is 413 g/mol. The number of hydrazone groups is 1. The second-order valence-electron chi connectivity index (χ2n) is 6.27. The Balaban J connectivity index is 1.68. The molecule has 2 amide bonds. The van der Waals surface area contributed by atoms with Crippen LogP contribution in [0.2, 0.25) is 5.02 Å². The van der Waals surface area contributed by atoms with E-state index in [2.05, 4.69) is 15.8 Å². The maximum absolute atomic E-state index is 12.9. The first kappa shape index (κ1) is 20.3. The number of aryl methyl sites for hydroxylation is 1. The van der Waals surface area contributed by atoms with Crippen LogP contribution in [-0.2, 0) is 9.59 Å². The van der Waals surface area contributed by atoms with Crippen molar-refractivity contribution in [1.29, 1.82) is 0 Å². The predicted molar refractivity (Wildman–Crippen MR) is 111 cm³/mol. The number of para-hydroxylation sites is 1. The van der Waals surface area contributed by atoms with Crippen molar-refractivity contribution in [2.75, 3.05) is 5.32 Å². The van der Waals surface area contributed by atoms with Gasteiger partial charge in [0.15, 0.2) is 0 Å². The van der Waals surface area contributed by atoms with E-state index < -0.39 is 17.6 Å². The van der Waals surface area contributed by atoms with Gasteiger partial charge in [0.1, 0.15) is 5.82 Å². The molecule has 8 heteroatoms. The number of halogens is 2. The van der Waals surface area contributed by atoms with Gasteiger partial charge in [-0.15, -0.1) is 0 Å². The first-order chi connectivity index (χ1) is 13.9. The number of benzene rings is 2. The summed E-state index contributed by atoms with van der Waals surface area (Å²) < 4.78 is 14.9. The zero-order valence-corrected chi connectivity index (χ0v) is 16.5. The van der Waals surface area contributed by atoms with Crippen molar-refractivity contribution >= 4 is 35.3 Å². The highest BCUT2D eigenvalue weighted by Gasteiger charge is 2.14. The average Bonchev–Trinajstić information content (AvgIpc) is 2.97. The lowest BCUT2D eigenvalue weighted by Crippen LogP contribution is -2.32. The van der Waals surface area contributed by atoms with E-state index in [1.54, 1.807) is 0 Å². The minimum atomic E-state index is -0.939. The molecule has 1 heterocycles. The van der Waals surface area contributed by atoms with E-state index in [0.29, 0.717) is 10.7 Å². The van der Waals surface area contributed by atoms with Crippen LogP contribution in [0.25, 0.3) is 5.69 Å². The van der Waals surface area contributed by atoms with Crippen LogP contribution in [0.5, 0.6) is 0 Å². The summed E-state index contributed by atoms with van der Waals surface area (Å²) in [5, 5.41) is 6.83. The SMILES string of the molecule is Cc1cc(/C=N\NC(=O)C(=O)Nc2ccc(F)cc2)c(C)n1-c1ccccc1Cl. The van der Waals surface area contributed by atoms with Crippen LogP contribution in [0.1, 0.15) is 17.0 Å². The third-order valence-corrected chi connectivity index (χ3v) is 4.56. The number of rotatable bonds is 4. The van der Waals surface area contributed by atoms with Gasteiger partial charge in [0.25, 0.3) is 0 Å². The lowest BCUT2D eigenvalue weighted by molar-refractivity contribution is -0.136. The third-order valence-electron chi connectivity index (χ3n) is 4.24. The molecule has 0 radical (unpaired) electrons. The molecule has 1 aromatic heterocycles. The Bertz CT molecular complexity index is 1090. The van der Waals surface area contributed by atoms with E-state index >= 15 is 0 Å². The second kappa shape index (κ2) is 8.70. The fourth-order valence-corrected chi connectivity index (χ4v) is 3.07.